The molecule has 3 nitrogen and oxygen atoms in total. The number of ether oxygens (including phenoxy) is 1. The van der Waals surface area contributed by atoms with Crippen molar-refractivity contribution in [3.05, 3.63) is 114 Å². The highest BCUT2D eigenvalue weighted by molar-refractivity contribution is 7.02. The molecule has 0 fully saturated rings. The summed E-state index contributed by atoms with van der Waals surface area (Å²) in [6, 6.07) is 29.9. The Morgan fingerprint density at radius 1 is 0.867 bits per heavy atom. The van der Waals surface area contributed by atoms with Crippen LogP contribution < -0.4 is 14.8 Å². The summed E-state index contributed by atoms with van der Waals surface area (Å²) in [4.78, 5) is 12.7. The van der Waals surface area contributed by atoms with Crippen LogP contribution in [0.4, 0.5) is 0 Å². The van der Waals surface area contributed by atoms with Gasteiger partial charge in [-0.15, -0.1) is 0 Å². The largest absolute Gasteiger partial charge is 0.531 e. The Balaban J connectivity index is 2.30. The van der Waals surface area contributed by atoms with E-state index in [1.807, 2.05) is 79.4 Å². The lowest BCUT2D eigenvalue weighted by atomic mass is 10.1. The highest BCUT2D eigenvalue weighted by Gasteiger charge is 2.41. The minimum atomic E-state index is -3.00. The number of allylic oxidation sites excluding steroid dienone is 1. The summed E-state index contributed by atoms with van der Waals surface area (Å²) in [6.45, 7) is 5.90. The summed E-state index contributed by atoms with van der Waals surface area (Å²) >= 11 is 0. The fourth-order valence-electron chi connectivity index (χ4n) is 3.41. The molecule has 0 radical (unpaired) electrons. The Bertz CT molecular complexity index is 972. The first-order valence-corrected chi connectivity index (χ1v) is 11.8. The molecule has 0 atom stereocenters. The van der Waals surface area contributed by atoms with E-state index in [0.717, 1.165) is 21.7 Å². The number of methoxy groups -OCH3 is 1. The van der Waals surface area contributed by atoms with Crippen LogP contribution >= 0.6 is 0 Å². The molecule has 0 aromatic heterocycles. The van der Waals surface area contributed by atoms with Gasteiger partial charge in [-0.3, -0.25) is 0 Å². The molecule has 0 saturated heterocycles. The van der Waals surface area contributed by atoms with E-state index in [0.29, 0.717) is 12.0 Å². The van der Waals surface area contributed by atoms with Crippen LogP contribution in [0.2, 0.25) is 0 Å². The van der Waals surface area contributed by atoms with E-state index in [1.54, 1.807) is 0 Å². The summed E-state index contributed by atoms with van der Waals surface area (Å²) in [5.41, 5.74) is 3.45. The molecule has 0 heterocycles. The maximum atomic E-state index is 12.7. The lowest BCUT2D eigenvalue weighted by molar-refractivity contribution is -0.136. The van der Waals surface area contributed by atoms with Crippen molar-refractivity contribution in [1.82, 2.24) is 0 Å². The number of rotatable bonds is 8. The first kappa shape index (κ1) is 21.3. The highest BCUT2D eigenvalue weighted by atomic mass is 28.4. The summed E-state index contributed by atoms with van der Waals surface area (Å²) in [5.74, 6) is 0.395. The monoisotopic (exact) mass is 414 g/mol. The van der Waals surface area contributed by atoms with Crippen LogP contribution in [0.25, 0.3) is 0 Å². The van der Waals surface area contributed by atoms with Crippen molar-refractivity contribution in [2.24, 2.45) is 0 Å². The van der Waals surface area contributed by atoms with Gasteiger partial charge in [-0.05, 0) is 41.6 Å². The molecule has 0 spiro atoms. The van der Waals surface area contributed by atoms with E-state index in [4.69, 9.17) is 9.16 Å². The fourth-order valence-corrected chi connectivity index (χ4v) is 6.97. The van der Waals surface area contributed by atoms with Crippen molar-refractivity contribution in [2.45, 2.75) is 13.3 Å². The van der Waals surface area contributed by atoms with Gasteiger partial charge >= 0.3 is 14.3 Å². The van der Waals surface area contributed by atoms with E-state index < -0.39 is 8.32 Å². The van der Waals surface area contributed by atoms with Crippen LogP contribution in [0, 0.1) is 0 Å². The topological polar surface area (TPSA) is 35.5 Å². The maximum absolute atomic E-state index is 12.7. The standard InChI is InChI=1S/C26H26O3Si/c1-21(2)19-22(26(27)28-3)20-30(24-15-9-5-10-16-24,25-17-11-6-12-18-25)29-23-13-7-4-8-14-23/h4-18,20H,1,19H2,2-3H3/b22-20+. The predicted octanol–water partition coefficient (Wildman–Crippen LogP) is 4.43. The predicted molar refractivity (Wildman–Crippen MR) is 125 cm³/mol. The number of para-hydroxylation sites is 1. The SMILES string of the molecule is C=C(C)C/C(=C\[Si](Oc1ccccc1)(c1ccccc1)c1ccccc1)C(=O)OC. The van der Waals surface area contributed by atoms with Crippen molar-refractivity contribution in [2.75, 3.05) is 7.11 Å². The smallest absolute Gasteiger partial charge is 0.340 e. The molecule has 0 unspecified atom stereocenters. The average molecular weight is 415 g/mol. The van der Waals surface area contributed by atoms with Crippen LogP contribution in [0.1, 0.15) is 13.3 Å². The molecule has 0 aliphatic heterocycles. The zero-order valence-electron chi connectivity index (χ0n) is 17.4. The minimum absolute atomic E-state index is 0.363. The number of carbonyl (C=O) groups is 1. The third kappa shape index (κ3) is 4.96. The van der Waals surface area contributed by atoms with Gasteiger partial charge in [0.1, 0.15) is 5.75 Å². The normalized spacial score (nSPS) is 11.6. The lowest BCUT2D eigenvalue weighted by Crippen LogP contribution is -2.62. The molecule has 0 aliphatic carbocycles. The van der Waals surface area contributed by atoms with E-state index in [2.05, 4.69) is 30.8 Å². The molecule has 0 saturated carbocycles. The Kier molecular flexibility index (Phi) is 7.04. The quantitative estimate of drug-likeness (QED) is 0.237. The molecule has 0 N–H and O–H groups in total. The number of hydrogen-bond donors (Lipinski definition) is 0. The summed E-state index contributed by atoms with van der Waals surface area (Å²) in [5, 5.41) is 2.09. The van der Waals surface area contributed by atoms with Gasteiger partial charge in [-0.2, -0.15) is 0 Å². The average Bonchev–Trinajstić information content (AvgIpc) is 2.79. The molecule has 0 amide bonds. The molecule has 3 aromatic rings. The summed E-state index contributed by atoms with van der Waals surface area (Å²) < 4.78 is 11.9. The number of carbonyl (C=O) groups excluding carboxylic acids is 1. The third-order valence-electron chi connectivity index (χ3n) is 4.74. The van der Waals surface area contributed by atoms with Gasteiger partial charge in [0.05, 0.1) is 7.11 Å². The molecule has 3 aromatic carbocycles. The van der Waals surface area contributed by atoms with Crippen molar-refractivity contribution in [3.8, 4) is 5.75 Å². The molecule has 4 heteroatoms. The molecule has 3 rings (SSSR count). The molecule has 0 aliphatic rings. The molecular formula is C26H26O3Si. The van der Waals surface area contributed by atoms with Crippen molar-refractivity contribution < 1.29 is 14.0 Å². The van der Waals surface area contributed by atoms with Crippen LogP contribution in [0.15, 0.2) is 114 Å². The maximum Gasteiger partial charge on any atom is 0.340 e. The van der Waals surface area contributed by atoms with Gasteiger partial charge in [-0.25, -0.2) is 4.79 Å². The Morgan fingerprint density at radius 3 is 1.77 bits per heavy atom. The third-order valence-corrected chi connectivity index (χ3v) is 8.44. The Morgan fingerprint density at radius 2 is 1.33 bits per heavy atom. The molecule has 152 valence electrons. The van der Waals surface area contributed by atoms with Crippen molar-refractivity contribution in [1.29, 1.82) is 0 Å². The zero-order valence-corrected chi connectivity index (χ0v) is 18.4. The van der Waals surface area contributed by atoms with Gasteiger partial charge in [0.2, 0.25) is 0 Å². The second kappa shape index (κ2) is 9.90. The van der Waals surface area contributed by atoms with Gasteiger partial charge in [0.25, 0.3) is 0 Å². The molecule has 0 bridgehead atoms. The van der Waals surface area contributed by atoms with Gasteiger partial charge in [0.15, 0.2) is 0 Å². The van der Waals surface area contributed by atoms with E-state index in [-0.39, 0.29) is 5.97 Å². The lowest BCUT2D eigenvalue weighted by Gasteiger charge is -2.31. The van der Waals surface area contributed by atoms with Crippen molar-refractivity contribution >= 4 is 24.7 Å². The zero-order chi connectivity index (χ0) is 21.4. The number of hydrogen-bond acceptors (Lipinski definition) is 3. The van der Waals surface area contributed by atoms with Gasteiger partial charge in [0, 0.05) is 5.57 Å². The minimum Gasteiger partial charge on any atom is -0.531 e. The van der Waals surface area contributed by atoms with E-state index >= 15 is 0 Å². The van der Waals surface area contributed by atoms with Crippen LogP contribution in [-0.2, 0) is 9.53 Å². The van der Waals surface area contributed by atoms with Crippen molar-refractivity contribution in [3.63, 3.8) is 0 Å². The van der Waals surface area contributed by atoms with Crippen LogP contribution in [-0.4, -0.2) is 21.4 Å². The number of esters is 1. The first-order valence-electron chi connectivity index (χ1n) is 9.84. The fraction of sp³-hybridized carbons (Fsp3) is 0.115. The van der Waals surface area contributed by atoms with Gasteiger partial charge in [-0.1, -0.05) is 91.0 Å². The molecule has 30 heavy (non-hydrogen) atoms. The Hall–Kier alpha value is -3.37. The number of benzene rings is 3. The van der Waals surface area contributed by atoms with Gasteiger partial charge < -0.3 is 9.16 Å². The highest BCUT2D eigenvalue weighted by Crippen LogP contribution is 2.21. The molecular weight excluding hydrogens is 388 g/mol. The van der Waals surface area contributed by atoms with Crippen LogP contribution in [0.5, 0.6) is 5.75 Å². The second-order valence-electron chi connectivity index (χ2n) is 7.18. The van der Waals surface area contributed by atoms with Crippen LogP contribution in [0.3, 0.4) is 0 Å². The summed E-state index contributed by atoms with van der Waals surface area (Å²) in [7, 11) is -1.60. The van der Waals surface area contributed by atoms with E-state index in [1.165, 1.54) is 7.11 Å². The van der Waals surface area contributed by atoms with E-state index in [9.17, 15) is 4.79 Å². The Labute approximate surface area is 179 Å². The summed E-state index contributed by atoms with van der Waals surface area (Å²) in [6.07, 6.45) is 0.430. The first-order chi connectivity index (χ1) is 14.5. The second-order valence-corrected chi connectivity index (χ2v) is 10.3.